The van der Waals surface area contributed by atoms with E-state index in [9.17, 15) is 4.79 Å². The van der Waals surface area contributed by atoms with Crippen LogP contribution in [0.15, 0.2) is 109 Å². The number of hydrogen-bond donors (Lipinski definition) is 0. The Labute approximate surface area is 242 Å². The molecule has 1 amide bonds. The normalized spacial score (nSPS) is 14.7. The van der Waals surface area contributed by atoms with Gasteiger partial charge in [0.05, 0.1) is 5.69 Å². The number of aryl methyl sites for hydroxylation is 1. The lowest BCUT2D eigenvalue weighted by Crippen LogP contribution is -2.39. The average Bonchev–Trinajstić information content (AvgIpc) is 3.45. The van der Waals surface area contributed by atoms with E-state index in [1.807, 2.05) is 42.7 Å². The zero-order valence-corrected chi connectivity index (χ0v) is 23.7. The van der Waals surface area contributed by atoms with Crippen LogP contribution in [0.5, 0.6) is 5.75 Å². The van der Waals surface area contributed by atoms with Crippen LogP contribution in [0.1, 0.15) is 53.1 Å². The van der Waals surface area contributed by atoms with Crippen LogP contribution >= 0.6 is 0 Å². The molecule has 5 nitrogen and oxygen atoms in total. The number of imidazole rings is 1. The third-order valence-corrected chi connectivity index (χ3v) is 8.40. The number of fused-ring (bicyclic) bond motifs is 1. The molecular formula is C36H37N3O2. The van der Waals surface area contributed by atoms with Crippen molar-refractivity contribution in [2.75, 3.05) is 13.1 Å². The second kappa shape index (κ2) is 12.4. The van der Waals surface area contributed by atoms with Crippen molar-refractivity contribution in [3.8, 4) is 5.75 Å². The van der Waals surface area contributed by atoms with Gasteiger partial charge in [-0.1, -0.05) is 84.9 Å². The Bertz CT molecular complexity index is 1590. The van der Waals surface area contributed by atoms with Gasteiger partial charge in [-0.05, 0) is 66.5 Å². The highest BCUT2D eigenvalue weighted by atomic mass is 16.5. The number of piperidine rings is 1. The summed E-state index contributed by atoms with van der Waals surface area (Å²) in [7, 11) is 0. The Hall–Kier alpha value is -4.38. The van der Waals surface area contributed by atoms with E-state index >= 15 is 0 Å². The van der Waals surface area contributed by atoms with Crippen molar-refractivity contribution in [3.63, 3.8) is 0 Å². The molecule has 1 aliphatic heterocycles. The number of carbonyl (C=O) groups is 1. The van der Waals surface area contributed by atoms with Crippen LogP contribution < -0.4 is 4.74 Å². The van der Waals surface area contributed by atoms with Gasteiger partial charge >= 0.3 is 0 Å². The van der Waals surface area contributed by atoms with E-state index in [4.69, 9.17) is 9.72 Å². The molecule has 1 atom stereocenters. The molecule has 0 aliphatic carbocycles. The van der Waals surface area contributed by atoms with Crippen LogP contribution in [-0.4, -0.2) is 33.3 Å². The highest BCUT2D eigenvalue weighted by molar-refractivity contribution is 5.78. The molecule has 0 unspecified atom stereocenters. The number of ether oxygens (including phenoxy) is 1. The summed E-state index contributed by atoms with van der Waals surface area (Å²) in [6.45, 7) is 4.24. The number of aromatic nitrogens is 2. The molecule has 1 saturated heterocycles. The molecule has 3 heterocycles. The minimum atomic E-state index is -0.106. The van der Waals surface area contributed by atoms with Crippen molar-refractivity contribution >= 4 is 11.6 Å². The molecular weight excluding hydrogens is 506 g/mol. The van der Waals surface area contributed by atoms with E-state index in [-0.39, 0.29) is 11.8 Å². The molecule has 5 heteroatoms. The number of benzene rings is 3. The third kappa shape index (κ3) is 6.19. The van der Waals surface area contributed by atoms with Gasteiger partial charge in [-0.3, -0.25) is 4.79 Å². The molecule has 0 N–H and O–H groups in total. The van der Waals surface area contributed by atoms with Crippen molar-refractivity contribution < 1.29 is 9.53 Å². The quantitative estimate of drug-likeness (QED) is 0.197. The predicted molar refractivity (Wildman–Crippen MR) is 163 cm³/mol. The SMILES string of the molecule is Cc1ccccc1[C@H](CC(=O)N1CCC(Cc2ccccc2)CC1)c1cnc2c(OCc3ccccc3)cccn12. The van der Waals surface area contributed by atoms with Crippen LogP contribution in [0.4, 0.5) is 0 Å². The second-order valence-electron chi connectivity index (χ2n) is 11.2. The Morgan fingerprint density at radius 1 is 0.878 bits per heavy atom. The smallest absolute Gasteiger partial charge is 0.223 e. The monoisotopic (exact) mass is 543 g/mol. The number of pyridine rings is 1. The molecule has 0 saturated carbocycles. The summed E-state index contributed by atoms with van der Waals surface area (Å²) in [6.07, 6.45) is 7.54. The maximum Gasteiger partial charge on any atom is 0.223 e. The Morgan fingerprint density at radius 3 is 2.29 bits per heavy atom. The molecule has 208 valence electrons. The molecule has 5 aromatic rings. The number of rotatable bonds is 9. The topological polar surface area (TPSA) is 46.8 Å². The summed E-state index contributed by atoms with van der Waals surface area (Å²) in [5.74, 6) is 1.47. The van der Waals surface area contributed by atoms with Crippen LogP contribution in [0.3, 0.4) is 0 Å². The molecule has 0 radical (unpaired) electrons. The van der Waals surface area contributed by atoms with Gasteiger partial charge in [0.25, 0.3) is 0 Å². The van der Waals surface area contributed by atoms with Crippen molar-refractivity contribution in [2.24, 2.45) is 5.92 Å². The van der Waals surface area contributed by atoms with Gasteiger partial charge in [0.15, 0.2) is 11.4 Å². The minimum Gasteiger partial charge on any atom is -0.485 e. The number of likely N-dealkylation sites (tertiary alicyclic amines) is 1. The fourth-order valence-electron chi connectivity index (χ4n) is 6.10. The fourth-order valence-corrected chi connectivity index (χ4v) is 6.10. The molecule has 0 bridgehead atoms. The highest BCUT2D eigenvalue weighted by Gasteiger charge is 2.28. The predicted octanol–water partition coefficient (Wildman–Crippen LogP) is 7.23. The van der Waals surface area contributed by atoms with Crippen molar-refractivity contribution in [1.82, 2.24) is 14.3 Å². The molecule has 1 fully saturated rings. The molecule has 1 aliphatic rings. The van der Waals surface area contributed by atoms with Crippen molar-refractivity contribution in [1.29, 1.82) is 0 Å². The summed E-state index contributed by atoms with van der Waals surface area (Å²) in [5, 5.41) is 0. The second-order valence-corrected chi connectivity index (χ2v) is 11.2. The van der Waals surface area contributed by atoms with E-state index in [1.165, 1.54) is 11.1 Å². The minimum absolute atomic E-state index is 0.106. The number of carbonyl (C=O) groups excluding carboxylic acids is 1. The third-order valence-electron chi connectivity index (χ3n) is 8.40. The summed E-state index contributed by atoms with van der Waals surface area (Å²) < 4.78 is 8.29. The van der Waals surface area contributed by atoms with E-state index in [0.29, 0.717) is 18.9 Å². The number of hydrogen-bond acceptors (Lipinski definition) is 3. The molecule has 0 spiro atoms. The van der Waals surface area contributed by atoms with Crippen LogP contribution in [-0.2, 0) is 17.8 Å². The van der Waals surface area contributed by atoms with E-state index < -0.39 is 0 Å². The van der Waals surface area contributed by atoms with Gasteiger partial charge in [-0.15, -0.1) is 0 Å². The average molecular weight is 544 g/mol. The molecule has 41 heavy (non-hydrogen) atoms. The Balaban J connectivity index is 1.21. The standard InChI is InChI=1S/C36H37N3O2/c1-27-11-8-9-16-31(27)32(24-35(40)38-21-18-29(19-22-38)23-28-12-4-2-5-13-28)33-25-37-36-34(17-10-20-39(33)36)41-26-30-14-6-3-7-15-30/h2-17,20,25,29,32H,18-19,21-24,26H2,1H3/t32-/m0/s1. The summed E-state index contributed by atoms with van der Waals surface area (Å²) in [5.41, 5.74) is 6.61. The highest BCUT2D eigenvalue weighted by Crippen LogP contribution is 2.34. The van der Waals surface area contributed by atoms with Crippen LogP contribution in [0.2, 0.25) is 0 Å². The first-order chi connectivity index (χ1) is 20.2. The van der Waals surface area contributed by atoms with Gasteiger partial charge in [-0.25, -0.2) is 4.98 Å². The molecule has 2 aromatic heterocycles. The van der Waals surface area contributed by atoms with Crippen molar-refractivity contribution in [3.05, 3.63) is 137 Å². The maximum absolute atomic E-state index is 13.8. The largest absolute Gasteiger partial charge is 0.485 e. The van der Waals surface area contributed by atoms with Gasteiger partial charge in [-0.2, -0.15) is 0 Å². The van der Waals surface area contributed by atoms with E-state index in [0.717, 1.165) is 60.6 Å². The lowest BCUT2D eigenvalue weighted by atomic mass is 9.87. The number of nitrogens with zero attached hydrogens (tertiary/aromatic N) is 3. The summed E-state index contributed by atoms with van der Waals surface area (Å²) >= 11 is 0. The first-order valence-electron chi connectivity index (χ1n) is 14.7. The Kier molecular flexibility index (Phi) is 8.13. The number of amides is 1. The van der Waals surface area contributed by atoms with E-state index in [1.54, 1.807) is 0 Å². The lowest BCUT2D eigenvalue weighted by Gasteiger charge is -2.33. The van der Waals surface area contributed by atoms with Gasteiger partial charge in [0.2, 0.25) is 5.91 Å². The zero-order valence-electron chi connectivity index (χ0n) is 23.7. The molecule has 3 aromatic carbocycles. The molecule has 6 rings (SSSR count). The lowest BCUT2D eigenvalue weighted by molar-refractivity contribution is -0.132. The van der Waals surface area contributed by atoms with Crippen molar-refractivity contribution in [2.45, 2.75) is 45.1 Å². The fraction of sp³-hybridized carbons (Fsp3) is 0.278. The van der Waals surface area contributed by atoms with Crippen LogP contribution in [0.25, 0.3) is 5.65 Å². The van der Waals surface area contributed by atoms with Crippen LogP contribution in [0, 0.1) is 12.8 Å². The zero-order chi connectivity index (χ0) is 28.0. The van der Waals surface area contributed by atoms with Gasteiger partial charge in [0, 0.05) is 37.8 Å². The van der Waals surface area contributed by atoms with Gasteiger partial charge in [0.1, 0.15) is 6.61 Å². The Morgan fingerprint density at radius 2 is 1.56 bits per heavy atom. The van der Waals surface area contributed by atoms with Gasteiger partial charge < -0.3 is 14.0 Å². The summed E-state index contributed by atoms with van der Waals surface area (Å²) in [6, 6.07) is 33.2. The van der Waals surface area contributed by atoms with E-state index in [2.05, 4.69) is 83.0 Å². The first-order valence-corrected chi connectivity index (χ1v) is 14.7. The maximum atomic E-state index is 13.8. The summed E-state index contributed by atoms with van der Waals surface area (Å²) in [4.78, 5) is 20.7. The first kappa shape index (κ1) is 26.8.